The average Bonchev–Trinajstić information content (AvgIpc) is 2.68. The van der Waals surface area contributed by atoms with Crippen LogP contribution in [0.2, 0.25) is 0 Å². The van der Waals surface area contributed by atoms with E-state index in [-0.39, 0.29) is 18.5 Å². The molecule has 0 aromatic heterocycles. The Balaban J connectivity index is 1.92. The van der Waals surface area contributed by atoms with E-state index in [0.717, 1.165) is 11.3 Å². The molecule has 0 aliphatic carbocycles. The highest BCUT2D eigenvalue weighted by atomic mass is 16.3. The second-order valence-corrected chi connectivity index (χ2v) is 5.09. The van der Waals surface area contributed by atoms with Gasteiger partial charge in [0.2, 0.25) is 5.91 Å². The molecule has 3 N–H and O–H groups in total. The second kappa shape index (κ2) is 4.37. The molecule has 4 nitrogen and oxygen atoms in total. The van der Waals surface area contributed by atoms with Crippen molar-refractivity contribution < 1.29 is 9.90 Å². The van der Waals surface area contributed by atoms with Crippen LogP contribution < -0.4 is 10.6 Å². The van der Waals surface area contributed by atoms with Gasteiger partial charge in [0.05, 0.1) is 5.60 Å². The van der Waals surface area contributed by atoms with Gasteiger partial charge >= 0.3 is 0 Å². The number of aliphatic hydroxyl groups is 1. The fraction of sp³-hybridized carbons (Fsp3) is 0.462. The third-order valence-electron chi connectivity index (χ3n) is 2.78. The van der Waals surface area contributed by atoms with E-state index >= 15 is 0 Å². The number of benzene rings is 1. The van der Waals surface area contributed by atoms with Crippen molar-refractivity contribution in [3.8, 4) is 0 Å². The van der Waals surface area contributed by atoms with E-state index in [0.29, 0.717) is 6.42 Å². The summed E-state index contributed by atoms with van der Waals surface area (Å²) in [5.74, 6) is -0.0664. The lowest BCUT2D eigenvalue weighted by Gasteiger charge is -2.19. The van der Waals surface area contributed by atoms with Crippen LogP contribution in [0.4, 0.5) is 5.69 Å². The summed E-state index contributed by atoms with van der Waals surface area (Å²) >= 11 is 0. The second-order valence-electron chi connectivity index (χ2n) is 5.09. The molecule has 1 heterocycles. The van der Waals surface area contributed by atoms with Crippen molar-refractivity contribution in [1.82, 2.24) is 5.32 Å². The van der Waals surface area contributed by atoms with Crippen LogP contribution in [0.1, 0.15) is 19.4 Å². The first kappa shape index (κ1) is 11.9. The summed E-state index contributed by atoms with van der Waals surface area (Å²) in [5.41, 5.74) is 1.31. The number of hydrogen-bond donors (Lipinski definition) is 3. The van der Waals surface area contributed by atoms with Crippen molar-refractivity contribution in [2.24, 2.45) is 0 Å². The number of anilines is 1. The largest absolute Gasteiger partial charge is 0.389 e. The predicted octanol–water partition coefficient (Wildman–Crippen LogP) is 0.910. The zero-order valence-electron chi connectivity index (χ0n) is 10.2. The molecule has 0 unspecified atom stereocenters. The Bertz CT molecular complexity index is 399. The van der Waals surface area contributed by atoms with Gasteiger partial charge in [0, 0.05) is 18.7 Å². The van der Waals surface area contributed by atoms with Gasteiger partial charge in [-0.2, -0.15) is 0 Å². The van der Waals surface area contributed by atoms with Crippen LogP contribution in [0, 0.1) is 0 Å². The lowest BCUT2D eigenvalue weighted by atomic mass is 10.1. The van der Waals surface area contributed by atoms with Crippen molar-refractivity contribution in [3.05, 3.63) is 29.8 Å². The molecule has 0 radical (unpaired) electrons. The van der Waals surface area contributed by atoms with Crippen molar-refractivity contribution >= 4 is 11.6 Å². The van der Waals surface area contributed by atoms with Crippen LogP contribution in [0.3, 0.4) is 0 Å². The van der Waals surface area contributed by atoms with E-state index in [9.17, 15) is 9.90 Å². The fourth-order valence-corrected chi connectivity index (χ4v) is 1.88. The summed E-state index contributed by atoms with van der Waals surface area (Å²) in [7, 11) is 0. The molecule has 0 fully saturated rings. The predicted molar refractivity (Wildman–Crippen MR) is 66.9 cm³/mol. The summed E-state index contributed by atoms with van der Waals surface area (Å²) in [5, 5.41) is 15.5. The first-order valence-corrected chi connectivity index (χ1v) is 5.80. The van der Waals surface area contributed by atoms with Crippen molar-refractivity contribution in [1.29, 1.82) is 0 Å². The maximum absolute atomic E-state index is 11.9. The average molecular weight is 234 g/mol. The molecule has 2 rings (SSSR count). The molecule has 0 bridgehead atoms. The molecule has 0 saturated heterocycles. The molecule has 1 aromatic carbocycles. The number of amides is 1. The van der Waals surface area contributed by atoms with Gasteiger partial charge in [0.1, 0.15) is 6.04 Å². The molecule has 1 aromatic rings. The number of fused-ring (bicyclic) bond motifs is 1. The van der Waals surface area contributed by atoms with E-state index in [1.54, 1.807) is 13.8 Å². The number of para-hydroxylation sites is 1. The van der Waals surface area contributed by atoms with Gasteiger partial charge in [0.25, 0.3) is 0 Å². The fourth-order valence-electron chi connectivity index (χ4n) is 1.88. The van der Waals surface area contributed by atoms with Gasteiger partial charge < -0.3 is 15.7 Å². The molecule has 92 valence electrons. The quantitative estimate of drug-likeness (QED) is 0.728. The van der Waals surface area contributed by atoms with E-state index in [1.807, 2.05) is 24.3 Å². The molecule has 1 aliphatic heterocycles. The zero-order chi connectivity index (χ0) is 12.5. The van der Waals surface area contributed by atoms with Crippen molar-refractivity contribution in [2.45, 2.75) is 31.9 Å². The Morgan fingerprint density at radius 1 is 1.53 bits per heavy atom. The van der Waals surface area contributed by atoms with Gasteiger partial charge in [-0.15, -0.1) is 0 Å². The van der Waals surface area contributed by atoms with Gasteiger partial charge in [0.15, 0.2) is 0 Å². The SMILES string of the molecule is CC(C)(O)CNC(=O)[C@@H]1Cc2ccccc2N1. The molecule has 0 saturated carbocycles. The highest BCUT2D eigenvalue weighted by Gasteiger charge is 2.27. The summed E-state index contributed by atoms with van der Waals surface area (Å²) in [6.45, 7) is 3.61. The van der Waals surface area contributed by atoms with Crippen LogP contribution in [-0.2, 0) is 11.2 Å². The maximum Gasteiger partial charge on any atom is 0.242 e. The van der Waals surface area contributed by atoms with Crippen LogP contribution in [-0.4, -0.2) is 29.2 Å². The summed E-state index contributed by atoms with van der Waals surface area (Å²) < 4.78 is 0. The van der Waals surface area contributed by atoms with Crippen LogP contribution in [0.5, 0.6) is 0 Å². The molecular weight excluding hydrogens is 216 g/mol. The Labute approximate surface area is 101 Å². The topological polar surface area (TPSA) is 61.4 Å². The number of carbonyl (C=O) groups is 1. The standard InChI is InChI=1S/C13H18N2O2/c1-13(2,17)8-14-12(16)11-7-9-5-3-4-6-10(9)15-11/h3-6,11,15,17H,7-8H2,1-2H3,(H,14,16)/t11-/m0/s1. The summed E-state index contributed by atoms with van der Waals surface area (Å²) in [6, 6.07) is 7.68. The molecule has 0 spiro atoms. The van der Waals surface area contributed by atoms with E-state index < -0.39 is 5.60 Å². The lowest BCUT2D eigenvalue weighted by Crippen LogP contribution is -2.44. The van der Waals surface area contributed by atoms with E-state index in [2.05, 4.69) is 10.6 Å². The van der Waals surface area contributed by atoms with Gasteiger partial charge in [-0.05, 0) is 25.5 Å². The first-order valence-electron chi connectivity index (χ1n) is 5.80. The Morgan fingerprint density at radius 3 is 2.88 bits per heavy atom. The third kappa shape index (κ3) is 2.97. The van der Waals surface area contributed by atoms with Crippen LogP contribution in [0.15, 0.2) is 24.3 Å². The molecule has 1 aliphatic rings. The zero-order valence-corrected chi connectivity index (χ0v) is 10.2. The number of hydrogen-bond acceptors (Lipinski definition) is 3. The molecule has 1 atom stereocenters. The normalized spacial score (nSPS) is 18.4. The summed E-state index contributed by atoms with van der Waals surface area (Å²) in [4.78, 5) is 11.9. The van der Waals surface area contributed by atoms with Crippen molar-refractivity contribution in [3.63, 3.8) is 0 Å². The lowest BCUT2D eigenvalue weighted by molar-refractivity contribution is -0.122. The number of nitrogens with one attached hydrogen (secondary N) is 2. The number of carbonyl (C=O) groups excluding carboxylic acids is 1. The minimum Gasteiger partial charge on any atom is -0.389 e. The minimum absolute atomic E-state index is 0.0664. The molecular formula is C13H18N2O2. The smallest absolute Gasteiger partial charge is 0.242 e. The number of rotatable bonds is 3. The Hall–Kier alpha value is -1.55. The Kier molecular flexibility index (Phi) is 3.07. The van der Waals surface area contributed by atoms with E-state index in [4.69, 9.17) is 0 Å². The van der Waals surface area contributed by atoms with Gasteiger partial charge in [-0.1, -0.05) is 18.2 Å². The Morgan fingerprint density at radius 2 is 2.24 bits per heavy atom. The molecule has 4 heteroatoms. The van der Waals surface area contributed by atoms with Crippen LogP contribution in [0.25, 0.3) is 0 Å². The molecule has 1 amide bonds. The van der Waals surface area contributed by atoms with Gasteiger partial charge in [-0.3, -0.25) is 4.79 Å². The highest BCUT2D eigenvalue weighted by molar-refractivity contribution is 5.87. The summed E-state index contributed by atoms with van der Waals surface area (Å²) in [6.07, 6.45) is 0.702. The van der Waals surface area contributed by atoms with Gasteiger partial charge in [-0.25, -0.2) is 0 Å². The monoisotopic (exact) mass is 234 g/mol. The highest BCUT2D eigenvalue weighted by Crippen LogP contribution is 2.25. The third-order valence-corrected chi connectivity index (χ3v) is 2.78. The first-order chi connectivity index (χ1) is 7.96. The van der Waals surface area contributed by atoms with Crippen LogP contribution >= 0.6 is 0 Å². The minimum atomic E-state index is -0.874. The molecule has 17 heavy (non-hydrogen) atoms. The van der Waals surface area contributed by atoms with E-state index in [1.165, 1.54) is 0 Å². The maximum atomic E-state index is 11.9. The van der Waals surface area contributed by atoms with Crippen molar-refractivity contribution in [2.75, 3.05) is 11.9 Å².